The zero-order valence-electron chi connectivity index (χ0n) is 25.1. The lowest BCUT2D eigenvalue weighted by Gasteiger charge is -2.39. The molecule has 3 atom stereocenters. The summed E-state index contributed by atoms with van der Waals surface area (Å²) in [7, 11) is -4.50. The first-order valence-corrected chi connectivity index (χ1v) is 15.8. The molecule has 4 rings (SSSR count). The average molecular weight is 656 g/mol. The Balaban J connectivity index is 1.38. The van der Waals surface area contributed by atoms with Gasteiger partial charge < -0.3 is 19.7 Å². The number of hydrogen-bond donors (Lipinski definition) is 1. The summed E-state index contributed by atoms with van der Waals surface area (Å²) in [5.41, 5.74) is -1.10. The maximum Gasteiger partial charge on any atom is 0.416 e. The molecule has 0 saturated carbocycles. The molecule has 2 aliphatic rings. The van der Waals surface area contributed by atoms with Crippen LogP contribution in [0.15, 0.2) is 59.5 Å². The van der Waals surface area contributed by atoms with Gasteiger partial charge in [0.15, 0.2) is 0 Å². The average Bonchev–Trinajstić information content (AvgIpc) is 3.43. The Bertz CT molecular complexity index is 1460. The second kappa shape index (κ2) is 13.6. The first-order valence-electron chi connectivity index (χ1n) is 14.4. The van der Waals surface area contributed by atoms with E-state index >= 15 is 0 Å². The molecule has 0 spiro atoms. The number of hydrogen-bond acceptors (Lipinski definition) is 8. The summed E-state index contributed by atoms with van der Waals surface area (Å²) in [6.07, 6.45) is -6.57. The number of carbonyl (C=O) groups excluding carboxylic acids is 3. The Kier molecular flexibility index (Phi) is 10.3. The van der Waals surface area contributed by atoms with E-state index in [0.29, 0.717) is 25.1 Å². The van der Waals surface area contributed by atoms with Crippen LogP contribution in [-0.4, -0.2) is 79.7 Å². The third-order valence-electron chi connectivity index (χ3n) is 7.20. The second-order valence-electron chi connectivity index (χ2n) is 11.9. The van der Waals surface area contributed by atoms with Gasteiger partial charge in [0.1, 0.15) is 18.2 Å². The van der Waals surface area contributed by atoms with Crippen LogP contribution < -0.4 is 5.32 Å². The Hall–Kier alpha value is -3.85. The van der Waals surface area contributed by atoms with Crippen molar-refractivity contribution < 1.29 is 49.6 Å². The summed E-state index contributed by atoms with van der Waals surface area (Å²) >= 11 is 0. The highest BCUT2D eigenvalue weighted by atomic mass is 32.2. The smallest absolute Gasteiger partial charge is 0.416 e. The monoisotopic (exact) mass is 655 g/mol. The van der Waals surface area contributed by atoms with Crippen molar-refractivity contribution in [3.63, 3.8) is 0 Å². The Labute approximate surface area is 259 Å². The fourth-order valence-electron chi connectivity index (χ4n) is 5.01. The van der Waals surface area contributed by atoms with Crippen molar-refractivity contribution in [2.75, 3.05) is 19.6 Å². The van der Waals surface area contributed by atoms with Crippen LogP contribution >= 0.6 is 0 Å². The maximum absolute atomic E-state index is 13.4. The fourth-order valence-corrected chi connectivity index (χ4v) is 6.10. The molecule has 15 heteroatoms. The van der Waals surface area contributed by atoms with E-state index in [1.807, 2.05) is 30.3 Å². The molecule has 45 heavy (non-hydrogen) atoms. The lowest BCUT2D eigenvalue weighted by Crippen LogP contribution is -2.58. The van der Waals surface area contributed by atoms with Gasteiger partial charge in [-0.15, -0.1) is 0 Å². The van der Waals surface area contributed by atoms with Crippen LogP contribution in [-0.2, 0) is 41.4 Å². The van der Waals surface area contributed by atoms with Crippen molar-refractivity contribution >= 4 is 28.2 Å². The summed E-state index contributed by atoms with van der Waals surface area (Å²) in [6.45, 7) is 5.25. The van der Waals surface area contributed by atoms with Crippen LogP contribution in [0.3, 0.4) is 0 Å². The van der Waals surface area contributed by atoms with Gasteiger partial charge in [0, 0.05) is 19.1 Å². The molecule has 2 aromatic carbocycles. The molecule has 11 nitrogen and oxygen atoms in total. The third kappa shape index (κ3) is 9.33. The third-order valence-corrected chi connectivity index (χ3v) is 8.58. The molecule has 2 heterocycles. The van der Waals surface area contributed by atoms with Crippen LogP contribution in [0.25, 0.3) is 0 Å². The van der Waals surface area contributed by atoms with Gasteiger partial charge in [-0.25, -0.2) is 9.59 Å². The van der Waals surface area contributed by atoms with Crippen LogP contribution in [0.5, 0.6) is 0 Å². The molecular formula is C30H36F3N3O8S. The minimum absolute atomic E-state index is 0.0217. The highest BCUT2D eigenvalue weighted by Gasteiger charge is 2.41. The minimum Gasteiger partial charge on any atom is -0.445 e. The van der Waals surface area contributed by atoms with Crippen molar-refractivity contribution in [1.82, 2.24) is 15.1 Å². The normalized spacial score (nSPS) is 20.9. The van der Waals surface area contributed by atoms with Crippen molar-refractivity contribution in [2.45, 2.75) is 81.5 Å². The molecule has 0 bridgehead atoms. The molecule has 3 amide bonds. The van der Waals surface area contributed by atoms with Gasteiger partial charge in [0.05, 0.1) is 23.1 Å². The van der Waals surface area contributed by atoms with E-state index in [9.17, 15) is 36.0 Å². The van der Waals surface area contributed by atoms with Gasteiger partial charge in [-0.1, -0.05) is 30.3 Å². The first-order chi connectivity index (χ1) is 21.0. The summed E-state index contributed by atoms with van der Waals surface area (Å²) in [5, 5.41) is 2.87. The summed E-state index contributed by atoms with van der Waals surface area (Å²) in [6, 6.07) is 10.6. The highest BCUT2D eigenvalue weighted by Crippen LogP contribution is 2.31. The largest absolute Gasteiger partial charge is 0.445 e. The van der Waals surface area contributed by atoms with Gasteiger partial charge in [-0.05, 0) is 69.9 Å². The molecule has 0 unspecified atom stereocenters. The summed E-state index contributed by atoms with van der Waals surface area (Å²) in [4.78, 5) is 41.2. The molecule has 2 aromatic rings. The fraction of sp³-hybridized carbons (Fsp3) is 0.500. The zero-order chi connectivity index (χ0) is 33.0. The molecule has 246 valence electrons. The first kappa shape index (κ1) is 34.0. The number of piperidine rings is 1. The van der Waals surface area contributed by atoms with E-state index < -0.39 is 68.6 Å². The number of rotatable bonds is 7. The molecule has 0 aromatic heterocycles. The molecule has 0 radical (unpaired) electrons. The van der Waals surface area contributed by atoms with Crippen molar-refractivity contribution in [1.29, 1.82) is 0 Å². The number of benzene rings is 2. The van der Waals surface area contributed by atoms with E-state index in [4.69, 9.17) is 13.7 Å². The van der Waals surface area contributed by atoms with Gasteiger partial charge in [0.25, 0.3) is 10.1 Å². The van der Waals surface area contributed by atoms with Gasteiger partial charge in [-0.2, -0.15) is 21.6 Å². The predicted molar refractivity (Wildman–Crippen MR) is 154 cm³/mol. The maximum atomic E-state index is 13.4. The van der Waals surface area contributed by atoms with Crippen molar-refractivity contribution in [3.8, 4) is 0 Å². The van der Waals surface area contributed by atoms with Gasteiger partial charge >= 0.3 is 18.4 Å². The molecule has 2 fully saturated rings. The van der Waals surface area contributed by atoms with E-state index in [1.54, 1.807) is 20.8 Å². The van der Waals surface area contributed by atoms with E-state index in [0.717, 1.165) is 22.6 Å². The Morgan fingerprint density at radius 2 is 1.58 bits per heavy atom. The van der Waals surface area contributed by atoms with Crippen LogP contribution in [0.1, 0.15) is 51.2 Å². The second-order valence-corrected chi connectivity index (χ2v) is 13.5. The van der Waals surface area contributed by atoms with Crippen LogP contribution in [0.2, 0.25) is 0 Å². The molecule has 2 aliphatic heterocycles. The zero-order valence-corrected chi connectivity index (χ0v) is 25.9. The van der Waals surface area contributed by atoms with E-state index in [1.165, 1.54) is 4.90 Å². The Morgan fingerprint density at radius 1 is 0.911 bits per heavy atom. The number of carbonyl (C=O) groups is 3. The quantitative estimate of drug-likeness (QED) is 0.425. The lowest BCUT2D eigenvalue weighted by atomic mass is 9.99. The molecule has 1 N–H and O–H groups in total. The van der Waals surface area contributed by atoms with E-state index in [-0.39, 0.29) is 32.5 Å². The SMILES string of the molecule is CC(C)(C)OC(=O)N1C[C@@H](OS(=O)(=O)c2ccc(C(F)(F)F)cc2)CC[C@H]1C(=O)N[C@H]1CCN(C(=O)OCc2ccccc2)C1. The number of halogens is 3. The predicted octanol–water partition coefficient (Wildman–Crippen LogP) is 4.71. The number of likely N-dealkylation sites (tertiary alicyclic amines) is 2. The topological polar surface area (TPSA) is 132 Å². The Morgan fingerprint density at radius 3 is 2.20 bits per heavy atom. The number of ether oxygens (including phenoxy) is 2. The van der Waals surface area contributed by atoms with E-state index in [2.05, 4.69) is 5.32 Å². The van der Waals surface area contributed by atoms with Crippen LogP contribution in [0.4, 0.5) is 22.8 Å². The highest BCUT2D eigenvalue weighted by molar-refractivity contribution is 7.86. The van der Waals surface area contributed by atoms with Crippen molar-refractivity contribution in [2.24, 2.45) is 0 Å². The molecule has 0 aliphatic carbocycles. The summed E-state index contributed by atoms with van der Waals surface area (Å²) in [5.74, 6) is -0.505. The van der Waals surface area contributed by atoms with Crippen molar-refractivity contribution in [3.05, 3.63) is 65.7 Å². The minimum atomic E-state index is -4.64. The standard InChI is InChI=1S/C30H36F3N3O8S/c1-29(2,3)43-28(39)36-18-23(44-45(40,41)24-12-9-21(10-13-24)30(31,32)33)11-14-25(36)26(37)34-22-15-16-35(17-22)27(38)42-19-20-7-5-4-6-8-20/h4-10,12-13,22-23,25H,11,14-19H2,1-3H3,(H,34,37)/t22-,23-,25-/m0/s1. The molecule has 2 saturated heterocycles. The van der Waals surface area contributed by atoms with Crippen LogP contribution in [0, 0.1) is 0 Å². The van der Waals surface area contributed by atoms with Gasteiger partial charge in [-0.3, -0.25) is 13.9 Å². The lowest BCUT2D eigenvalue weighted by molar-refractivity contribution is -0.137. The number of nitrogens with one attached hydrogen (secondary N) is 1. The number of nitrogens with zero attached hydrogens (tertiary/aromatic N) is 2. The number of amides is 3. The van der Waals surface area contributed by atoms with Gasteiger partial charge in [0.2, 0.25) is 5.91 Å². The summed E-state index contributed by atoms with van der Waals surface area (Å²) < 4.78 is 80.6. The molecular weight excluding hydrogens is 619 g/mol. The number of alkyl halides is 3.